The molecule has 49 heavy (non-hydrogen) atoms. The molecule has 0 aromatic heterocycles. The van der Waals surface area contributed by atoms with Gasteiger partial charge in [0, 0.05) is 12.8 Å². The van der Waals surface area contributed by atoms with Crippen molar-refractivity contribution in [1.29, 1.82) is 0 Å². The lowest BCUT2D eigenvalue weighted by atomic mass is 9.98. The lowest BCUT2D eigenvalue weighted by Crippen LogP contribution is -2.33. The Morgan fingerprint density at radius 3 is 0.959 bits per heavy atom. The van der Waals surface area contributed by atoms with Crippen LogP contribution < -0.4 is 0 Å². The van der Waals surface area contributed by atoms with Crippen LogP contribution >= 0.6 is 0 Å². The van der Waals surface area contributed by atoms with Gasteiger partial charge in [-0.3, -0.25) is 14.4 Å². The first-order valence-electron chi connectivity index (χ1n) is 21.5. The van der Waals surface area contributed by atoms with E-state index in [0.717, 1.165) is 64.2 Å². The number of rotatable bonds is 38. The molecule has 0 aliphatic heterocycles. The highest BCUT2D eigenvalue weighted by atomic mass is 16.6. The molecule has 0 radical (unpaired) electrons. The molecular weight excluding hydrogens is 612 g/mol. The Hall–Kier alpha value is -1.59. The smallest absolute Gasteiger partial charge is 0.309 e. The minimum Gasteiger partial charge on any atom is -0.462 e. The molecule has 0 N–H and O–H groups in total. The van der Waals surface area contributed by atoms with Gasteiger partial charge in [0.15, 0.2) is 6.10 Å². The first kappa shape index (κ1) is 47.4. The Balaban J connectivity index is 4.28. The molecule has 0 amide bonds. The molecule has 6 nitrogen and oxygen atoms in total. The fourth-order valence-corrected chi connectivity index (χ4v) is 6.54. The Bertz CT molecular complexity index is 686. The van der Waals surface area contributed by atoms with Crippen LogP contribution in [-0.4, -0.2) is 37.2 Å². The molecule has 0 bridgehead atoms. The van der Waals surface area contributed by atoms with Crippen molar-refractivity contribution in [3.8, 4) is 0 Å². The molecule has 0 saturated heterocycles. The number of carbonyl (C=O) groups excluding carboxylic acids is 3. The Kier molecular flexibility index (Phi) is 36.4. The summed E-state index contributed by atoms with van der Waals surface area (Å²) in [4.78, 5) is 37.9. The molecule has 290 valence electrons. The summed E-state index contributed by atoms with van der Waals surface area (Å²) in [5.41, 5.74) is 0. The van der Waals surface area contributed by atoms with Crippen molar-refractivity contribution in [3.05, 3.63) is 0 Å². The molecule has 0 atom stereocenters. The van der Waals surface area contributed by atoms with Gasteiger partial charge in [0.1, 0.15) is 13.2 Å². The van der Waals surface area contributed by atoms with E-state index >= 15 is 0 Å². The lowest BCUT2D eigenvalue weighted by Gasteiger charge is -2.21. The summed E-state index contributed by atoms with van der Waals surface area (Å²) in [7, 11) is 0. The molecule has 0 unspecified atom stereocenters. The summed E-state index contributed by atoms with van der Waals surface area (Å²) in [6, 6.07) is 0. The summed E-state index contributed by atoms with van der Waals surface area (Å²) in [5.74, 6) is -1.02. The fraction of sp³-hybridized carbons (Fsp3) is 0.930. The molecular formula is C43H82O6. The van der Waals surface area contributed by atoms with Crippen LogP contribution in [0, 0.1) is 5.92 Å². The Morgan fingerprint density at radius 2 is 0.673 bits per heavy atom. The predicted octanol–water partition coefficient (Wildman–Crippen LogP) is 13.2. The third kappa shape index (κ3) is 33.3. The average molecular weight is 695 g/mol. The second kappa shape index (κ2) is 37.7. The van der Waals surface area contributed by atoms with Gasteiger partial charge >= 0.3 is 17.9 Å². The van der Waals surface area contributed by atoms with Crippen molar-refractivity contribution in [1.82, 2.24) is 0 Å². The van der Waals surface area contributed by atoms with Gasteiger partial charge < -0.3 is 14.2 Å². The molecule has 0 rings (SSSR count). The highest BCUT2D eigenvalue weighted by molar-refractivity contribution is 5.73. The second-order valence-electron chi connectivity index (χ2n) is 14.7. The van der Waals surface area contributed by atoms with Crippen molar-refractivity contribution in [2.75, 3.05) is 13.2 Å². The number of hydrogen-bond acceptors (Lipinski definition) is 6. The number of hydrogen-bond donors (Lipinski definition) is 0. The summed E-state index contributed by atoms with van der Waals surface area (Å²) in [6.07, 6.45) is 36.0. The summed E-state index contributed by atoms with van der Waals surface area (Å²) >= 11 is 0. The SMILES string of the molecule is CCCCCCCCCCCCCCCC(=O)OCC(COC(=O)CCCCCCCCCCCCCCC)OC(=O)C(CCC)CCC. The van der Waals surface area contributed by atoms with Crippen LogP contribution in [0.1, 0.15) is 233 Å². The molecule has 0 aliphatic carbocycles. The van der Waals surface area contributed by atoms with Crippen LogP contribution in [0.2, 0.25) is 0 Å². The van der Waals surface area contributed by atoms with Crippen molar-refractivity contribution >= 4 is 17.9 Å². The van der Waals surface area contributed by atoms with Gasteiger partial charge in [-0.15, -0.1) is 0 Å². The average Bonchev–Trinajstić information content (AvgIpc) is 3.09. The maximum atomic E-state index is 12.9. The Labute approximate surface area is 304 Å². The van der Waals surface area contributed by atoms with E-state index < -0.39 is 6.10 Å². The molecule has 0 spiro atoms. The van der Waals surface area contributed by atoms with Crippen molar-refractivity contribution in [2.24, 2.45) is 5.92 Å². The van der Waals surface area contributed by atoms with E-state index in [9.17, 15) is 14.4 Å². The number of ether oxygens (including phenoxy) is 3. The molecule has 0 aromatic carbocycles. The normalized spacial score (nSPS) is 11.4. The summed E-state index contributed by atoms with van der Waals surface area (Å²) < 4.78 is 16.8. The maximum absolute atomic E-state index is 12.9. The molecule has 0 saturated carbocycles. The van der Waals surface area contributed by atoms with Gasteiger partial charge in [-0.25, -0.2) is 0 Å². The topological polar surface area (TPSA) is 78.9 Å². The predicted molar refractivity (Wildman–Crippen MR) is 206 cm³/mol. The maximum Gasteiger partial charge on any atom is 0.309 e. The lowest BCUT2D eigenvalue weighted by molar-refractivity contribution is -0.170. The van der Waals surface area contributed by atoms with Crippen LogP contribution in [0.25, 0.3) is 0 Å². The first-order chi connectivity index (χ1) is 24.0. The van der Waals surface area contributed by atoms with Gasteiger partial charge in [-0.05, 0) is 25.7 Å². The molecule has 0 aromatic rings. The molecule has 6 heteroatoms. The zero-order valence-corrected chi connectivity index (χ0v) is 33.1. The van der Waals surface area contributed by atoms with E-state index in [1.807, 2.05) is 0 Å². The third-order valence-electron chi connectivity index (χ3n) is 9.72. The highest BCUT2D eigenvalue weighted by Crippen LogP contribution is 2.18. The minimum absolute atomic E-state index is 0.0694. The standard InChI is InChI=1S/C43H82O6/c1-5-9-11-13-15-17-19-21-23-25-27-29-31-35-41(44)47-37-40(49-43(46)39(33-7-3)34-8-4)38-48-42(45)36-32-30-28-26-24-22-20-18-16-14-12-10-6-2/h39-40H,5-38H2,1-4H3. The monoisotopic (exact) mass is 695 g/mol. The first-order valence-corrected chi connectivity index (χ1v) is 21.5. The molecule has 0 heterocycles. The minimum atomic E-state index is -0.769. The third-order valence-corrected chi connectivity index (χ3v) is 9.72. The van der Waals surface area contributed by atoms with Gasteiger partial charge in [-0.1, -0.05) is 195 Å². The summed E-state index contributed by atoms with van der Waals surface area (Å²) in [5, 5.41) is 0. The van der Waals surface area contributed by atoms with E-state index in [-0.39, 0.29) is 37.0 Å². The quantitative estimate of drug-likeness (QED) is 0.0364. The van der Waals surface area contributed by atoms with E-state index in [2.05, 4.69) is 27.7 Å². The van der Waals surface area contributed by atoms with Crippen molar-refractivity contribution in [3.63, 3.8) is 0 Å². The van der Waals surface area contributed by atoms with E-state index in [4.69, 9.17) is 14.2 Å². The molecule has 0 aliphatic rings. The van der Waals surface area contributed by atoms with Crippen molar-refractivity contribution in [2.45, 2.75) is 239 Å². The Morgan fingerprint density at radius 1 is 0.388 bits per heavy atom. The van der Waals surface area contributed by atoms with E-state index in [0.29, 0.717) is 12.8 Å². The largest absolute Gasteiger partial charge is 0.462 e. The zero-order valence-electron chi connectivity index (χ0n) is 33.1. The fourth-order valence-electron chi connectivity index (χ4n) is 6.54. The second-order valence-corrected chi connectivity index (χ2v) is 14.7. The number of unbranched alkanes of at least 4 members (excludes halogenated alkanes) is 24. The number of esters is 3. The van der Waals surface area contributed by atoms with Gasteiger partial charge in [-0.2, -0.15) is 0 Å². The molecule has 0 fully saturated rings. The van der Waals surface area contributed by atoms with Crippen molar-refractivity contribution < 1.29 is 28.6 Å². The van der Waals surface area contributed by atoms with Gasteiger partial charge in [0.05, 0.1) is 5.92 Å². The highest BCUT2D eigenvalue weighted by Gasteiger charge is 2.24. The van der Waals surface area contributed by atoms with Crippen LogP contribution in [0.15, 0.2) is 0 Å². The van der Waals surface area contributed by atoms with Crippen LogP contribution in [-0.2, 0) is 28.6 Å². The van der Waals surface area contributed by atoms with Crippen LogP contribution in [0.3, 0.4) is 0 Å². The van der Waals surface area contributed by atoms with Crippen LogP contribution in [0.4, 0.5) is 0 Å². The van der Waals surface area contributed by atoms with E-state index in [1.165, 1.54) is 128 Å². The zero-order chi connectivity index (χ0) is 36.0. The van der Waals surface area contributed by atoms with E-state index in [1.54, 1.807) is 0 Å². The van der Waals surface area contributed by atoms with Crippen LogP contribution in [0.5, 0.6) is 0 Å². The number of carbonyl (C=O) groups is 3. The summed E-state index contributed by atoms with van der Waals surface area (Å²) in [6.45, 7) is 8.50. The van der Waals surface area contributed by atoms with Gasteiger partial charge in [0.2, 0.25) is 0 Å². The van der Waals surface area contributed by atoms with Gasteiger partial charge in [0.25, 0.3) is 0 Å².